The van der Waals surface area contributed by atoms with Crippen LogP contribution in [0.2, 0.25) is 0 Å². The van der Waals surface area contributed by atoms with E-state index in [-0.39, 0.29) is 10.6 Å². The molecule has 2 aromatic rings. The Balaban J connectivity index is 1.77. The Hall–Kier alpha value is -3.14. The lowest BCUT2D eigenvalue weighted by Gasteiger charge is -2.18. The molecule has 136 valence electrons. The minimum atomic E-state index is -4.03. The van der Waals surface area contributed by atoms with Crippen molar-refractivity contribution in [3.05, 3.63) is 57.6 Å². The Kier molecular flexibility index (Phi) is 4.76. The lowest BCUT2D eigenvalue weighted by molar-refractivity contribution is -0.385. The van der Waals surface area contributed by atoms with Gasteiger partial charge >= 0.3 is 0 Å². The highest BCUT2D eigenvalue weighted by Gasteiger charge is 2.19. The van der Waals surface area contributed by atoms with Gasteiger partial charge in [-0.15, -0.1) is 0 Å². The first-order valence-electron chi connectivity index (χ1n) is 7.56. The third-order valence-corrected chi connectivity index (χ3v) is 4.86. The smallest absolute Gasteiger partial charge is 0.276 e. The van der Waals surface area contributed by atoms with E-state index in [1.807, 2.05) is 4.83 Å². The summed E-state index contributed by atoms with van der Waals surface area (Å²) in [4.78, 5) is 12.1. The monoisotopic (exact) mass is 377 g/mol. The first-order chi connectivity index (χ1) is 12.4. The van der Waals surface area contributed by atoms with Crippen LogP contribution in [0, 0.1) is 17.0 Å². The maximum atomic E-state index is 12.2. The van der Waals surface area contributed by atoms with E-state index in [0.29, 0.717) is 35.8 Å². The first-order valence-corrected chi connectivity index (χ1v) is 9.05. The van der Waals surface area contributed by atoms with Crippen LogP contribution in [0.4, 0.5) is 5.69 Å². The minimum absolute atomic E-state index is 0.242. The van der Waals surface area contributed by atoms with E-state index >= 15 is 0 Å². The molecule has 0 bridgehead atoms. The van der Waals surface area contributed by atoms with Crippen molar-refractivity contribution in [1.29, 1.82) is 0 Å². The predicted molar refractivity (Wildman–Crippen MR) is 93.2 cm³/mol. The van der Waals surface area contributed by atoms with Crippen molar-refractivity contribution in [2.24, 2.45) is 5.10 Å². The lowest BCUT2D eigenvalue weighted by Crippen LogP contribution is -2.18. The second kappa shape index (κ2) is 7.00. The van der Waals surface area contributed by atoms with Gasteiger partial charge in [0.2, 0.25) is 0 Å². The van der Waals surface area contributed by atoms with Crippen LogP contribution < -0.4 is 14.3 Å². The molecule has 1 heterocycles. The van der Waals surface area contributed by atoms with Crippen molar-refractivity contribution >= 4 is 21.9 Å². The summed E-state index contributed by atoms with van der Waals surface area (Å²) in [6.45, 7) is 2.44. The third-order valence-electron chi connectivity index (χ3n) is 3.64. The van der Waals surface area contributed by atoms with Crippen molar-refractivity contribution in [3.8, 4) is 11.5 Å². The molecule has 1 N–H and O–H groups in total. The van der Waals surface area contributed by atoms with Crippen LogP contribution in [0.25, 0.3) is 0 Å². The standard InChI is InChI=1S/C16H15N3O6S/c1-11-2-4-13(9-14(11)19(20)21)26(22,23)18-17-10-12-3-5-15-16(8-12)25-7-6-24-15/h2-5,8-10,18H,6-7H2,1H3. The van der Waals surface area contributed by atoms with Gasteiger partial charge in [-0.25, -0.2) is 4.83 Å². The average molecular weight is 377 g/mol. The highest BCUT2D eigenvalue weighted by atomic mass is 32.2. The number of hydrazone groups is 1. The zero-order chi connectivity index (χ0) is 18.7. The van der Waals surface area contributed by atoms with Gasteiger partial charge < -0.3 is 9.47 Å². The summed E-state index contributed by atoms with van der Waals surface area (Å²) in [6.07, 6.45) is 1.30. The molecular formula is C16H15N3O6S. The molecule has 0 aliphatic carbocycles. The summed E-state index contributed by atoms with van der Waals surface area (Å²) in [5, 5.41) is 14.7. The van der Waals surface area contributed by atoms with Crippen LogP contribution in [0.5, 0.6) is 11.5 Å². The van der Waals surface area contributed by atoms with Gasteiger partial charge in [-0.05, 0) is 36.8 Å². The van der Waals surface area contributed by atoms with Gasteiger partial charge in [-0.1, -0.05) is 6.07 Å². The zero-order valence-electron chi connectivity index (χ0n) is 13.7. The molecule has 26 heavy (non-hydrogen) atoms. The highest BCUT2D eigenvalue weighted by molar-refractivity contribution is 7.89. The number of nitrogens with one attached hydrogen (secondary N) is 1. The molecule has 0 unspecified atom stereocenters. The van der Waals surface area contributed by atoms with Crippen LogP contribution in [0.3, 0.4) is 0 Å². The molecule has 0 saturated carbocycles. The average Bonchev–Trinajstić information content (AvgIpc) is 2.61. The second-order valence-corrected chi connectivity index (χ2v) is 7.12. The van der Waals surface area contributed by atoms with E-state index in [0.717, 1.165) is 6.07 Å². The summed E-state index contributed by atoms with van der Waals surface area (Å²) in [5.74, 6) is 1.16. The maximum Gasteiger partial charge on any atom is 0.276 e. The molecule has 0 saturated heterocycles. The van der Waals surface area contributed by atoms with Gasteiger partial charge in [0.05, 0.1) is 16.0 Å². The van der Waals surface area contributed by atoms with Gasteiger partial charge in [0.15, 0.2) is 11.5 Å². The van der Waals surface area contributed by atoms with E-state index in [9.17, 15) is 18.5 Å². The summed E-state index contributed by atoms with van der Waals surface area (Å²) in [7, 11) is -4.03. The maximum absolute atomic E-state index is 12.2. The fraction of sp³-hybridized carbons (Fsp3) is 0.188. The summed E-state index contributed by atoms with van der Waals surface area (Å²) < 4.78 is 35.3. The number of nitro groups is 1. The number of aryl methyl sites for hydroxylation is 1. The van der Waals surface area contributed by atoms with E-state index in [1.165, 1.54) is 25.3 Å². The first kappa shape index (κ1) is 17.7. The molecule has 3 rings (SSSR count). The number of nitrogens with zero attached hydrogens (tertiary/aromatic N) is 2. The Morgan fingerprint density at radius 3 is 2.62 bits per heavy atom. The molecule has 0 fully saturated rings. The van der Waals surface area contributed by atoms with Crippen LogP contribution in [0.15, 0.2) is 46.4 Å². The largest absolute Gasteiger partial charge is 0.486 e. The number of fused-ring (bicyclic) bond motifs is 1. The fourth-order valence-corrected chi connectivity index (χ4v) is 3.13. The molecular weight excluding hydrogens is 362 g/mol. The SMILES string of the molecule is Cc1ccc(S(=O)(=O)NN=Cc2ccc3c(c2)OCCO3)cc1[N+](=O)[O-]. The van der Waals surface area contributed by atoms with Crippen LogP contribution >= 0.6 is 0 Å². The van der Waals surface area contributed by atoms with E-state index in [2.05, 4.69) is 5.10 Å². The molecule has 0 amide bonds. The van der Waals surface area contributed by atoms with Gasteiger partial charge in [-0.2, -0.15) is 13.5 Å². The quantitative estimate of drug-likeness (QED) is 0.483. The van der Waals surface area contributed by atoms with E-state index in [1.54, 1.807) is 18.2 Å². The van der Waals surface area contributed by atoms with E-state index in [4.69, 9.17) is 9.47 Å². The summed E-state index contributed by atoms with van der Waals surface area (Å²) >= 11 is 0. The number of hydrogen-bond donors (Lipinski definition) is 1. The normalized spacial score (nSPS) is 13.6. The van der Waals surface area contributed by atoms with Crippen molar-refractivity contribution in [2.75, 3.05) is 13.2 Å². The number of nitro benzene ring substituents is 1. The zero-order valence-corrected chi connectivity index (χ0v) is 14.5. The fourth-order valence-electron chi connectivity index (χ4n) is 2.32. The predicted octanol–water partition coefficient (Wildman–Crippen LogP) is 1.99. The van der Waals surface area contributed by atoms with Gasteiger partial charge in [0.25, 0.3) is 15.7 Å². The number of benzene rings is 2. The molecule has 1 aliphatic rings. The topological polar surface area (TPSA) is 120 Å². The highest BCUT2D eigenvalue weighted by Crippen LogP contribution is 2.30. The number of rotatable bonds is 5. The second-order valence-electron chi connectivity index (χ2n) is 5.46. The Morgan fingerprint density at radius 2 is 1.88 bits per heavy atom. The van der Waals surface area contributed by atoms with Crippen LogP contribution in [0.1, 0.15) is 11.1 Å². The van der Waals surface area contributed by atoms with Crippen molar-refractivity contribution in [3.63, 3.8) is 0 Å². The molecule has 1 aliphatic heterocycles. The van der Waals surface area contributed by atoms with Crippen LogP contribution in [-0.4, -0.2) is 32.8 Å². The van der Waals surface area contributed by atoms with Gasteiger partial charge in [-0.3, -0.25) is 10.1 Å². The molecule has 10 heteroatoms. The summed E-state index contributed by atoms with van der Waals surface area (Å²) in [6, 6.07) is 8.72. The van der Waals surface area contributed by atoms with Crippen molar-refractivity contribution < 1.29 is 22.8 Å². The molecule has 0 aromatic heterocycles. The van der Waals surface area contributed by atoms with Gasteiger partial charge in [0, 0.05) is 11.6 Å². The lowest BCUT2D eigenvalue weighted by atomic mass is 10.2. The Morgan fingerprint density at radius 1 is 1.15 bits per heavy atom. The number of ether oxygens (including phenoxy) is 2. The minimum Gasteiger partial charge on any atom is -0.486 e. The molecule has 0 atom stereocenters. The summed E-state index contributed by atoms with van der Waals surface area (Å²) in [5.41, 5.74) is 0.698. The molecule has 2 aromatic carbocycles. The van der Waals surface area contributed by atoms with Gasteiger partial charge in [0.1, 0.15) is 13.2 Å². The molecule has 0 radical (unpaired) electrons. The number of hydrogen-bond acceptors (Lipinski definition) is 7. The Labute approximate surface area is 149 Å². The molecule has 9 nitrogen and oxygen atoms in total. The van der Waals surface area contributed by atoms with Crippen molar-refractivity contribution in [1.82, 2.24) is 4.83 Å². The van der Waals surface area contributed by atoms with Crippen molar-refractivity contribution in [2.45, 2.75) is 11.8 Å². The Bertz CT molecular complexity index is 987. The number of sulfonamides is 1. The third kappa shape index (κ3) is 3.75. The molecule has 0 spiro atoms. The van der Waals surface area contributed by atoms with Crippen LogP contribution in [-0.2, 0) is 10.0 Å². The van der Waals surface area contributed by atoms with E-state index < -0.39 is 14.9 Å².